The van der Waals surface area contributed by atoms with Crippen LogP contribution in [0.2, 0.25) is 0 Å². The van der Waals surface area contributed by atoms with Crippen LogP contribution in [0.3, 0.4) is 0 Å². The van der Waals surface area contributed by atoms with Crippen molar-refractivity contribution in [3.8, 4) is 0 Å². The van der Waals surface area contributed by atoms with E-state index in [-0.39, 0.29) is 28.4 Å². The van der Waals surface area contributed by atoms with Gasteiger partial charge in [-0.2, -0.15) is 0 Å². The fourth-order valence-electron chi connectivity index (χ4n) is 0. The van der Waals surface area contributed by atoms with Crippen molar-refractivity contribution in [3.05, 3.63) is 15.0 Å². The van der Waals surface area contributed by atoms with Gasteiger partial charge in [-0.1, -0.05) is 0 Å². The second-order valence-corrected chi connectivity index (χ2v) is 0.340. The Morgan fingerprint density at radius 1 is 1.75 bits per heavy atom. The molecule has 0 bridgehead atoms. The fourth-order valence-corrected chi connectivity index (χ4v) is 0. The molecule has 0 fully saturated rings. The van der Waals surface area contributed by atoms with Crippen LogP contribution in [0.15, 0.2) is 5.34 Å². The minimum Gasteiger partial charge on any atom is -0.367 e. The highest BCUT2D eigenvalue weighted by molar-refractivity contribution is 5.75. The Morgan fingerprint density at radius 2 is 1.88 bits per heavy atom. The van der Waals surface area contributed by atoms with Gasteiger partial charge < -0.3 is 4.84 Å². The lowest BCUT2D eigenvalue weighted by Crippen LogP contribution is -2.53. The van der Waals surface area contributed by atoms with Crippen molar-refractivity contribution in [2.75, 3.05) is 7.11 Å². The Bertz CT molecular complexity index is 49.3. The van der Waals surface area contributed by atoms with E-state index in [1.165, 1.54) is 7.11 Å². The van der Waals surface area contributed by atoms with Crippen LogP contribution in [0.25, 0.3) is 0 Å². The molecule has 46 valence electrons. The van der Waals surface area contributed by atoms with Gasteiger partial charge in [0.2, 0.25) is 0 Å². The van der Waals surface area contributed by atoms with Gasteiger partial charge in [0.25, 0.3) is 0 Å². The molecule has 0 amide bonds. The first-order chi connectivity index (χ1) is 3.33. The van der Waals surface area contributed by atoms with Crippen LogP contribution in [0.5, 0.6) is 0 Å². The molecule has 0 rings (SSSR count). The summed E-state index contributed by atoms with van der Waals surface area (Å²) < 4.78 is 0. The third-order valence-electron chi connectivity index (χ3n) is 0.0745. The summed E-state index contributed by atoms with van der Waals surface area (Å²) in [5.41, 5.74) is 0. The van der Waals surface area contributed by atoms with Crippen molar-refractivity contribution < 1.29 is 10.2 Å². The predicted molar refractivity (Wildman–Crippen MR) is 29.0 cm³/mol. The summed E-state index contributed by atoms with van der Waals surface area (Å²) in [4.78, 5) is 20.4. The lowest BCUT2D eigenvalue weighted by Gasteiger charge is -1.63. The fraction of sp³-hybridized carbons (Fsp3) is 1.00. The maximum absolute atomic E-state index is 8.70. The van der Waals surface area contributed by atoms with E-state index in [9.17, 15) is 0 Å². The number of hydrogen-bond donors (Lipinski definition) is 1. The Balaban J connectivity index is -0.0000000575. The second-order valence-electron chi connectivity index (χ2n) is 0.340. The van der Waals surface area contributed by atoms with E-state index in [1.807, 2.05) is 5.34 Å². The van der Waals surface area contributed by atoms with Crippen molar-refractivity contribution in [3.63, 3.8) is 0 Å². The van der Waals surface area contributed by atoms with Crippen molar-refractivity contribution in [1.82, 2.24) is 0 Å². The molecule has 0 atom stereocenters. The number of nitrogens with one attached hydrogen (secondary N) is 1. The first-order valence-electron chi connectivity index (χ1n) is 1.18. The number of hydrogen-bond acceptors (Lipinski definition) is 5. The summed E-state index contributed by atoms with van der Waals surface area (Å²) in [5.74, 6) is 0. The molecule has 0 unspecified atom stereocenters. The smallest absolute Gasteiger partial charge is 0.316 e. The maximum atomic E-state index is 8.70. The van der Waals surface area contributed by atoms with E-state index >= 15 is 0 Å². The highest BCUT2D eigenvalue weighted by atomic mass is 24.3. The lowest BCUT2D eigenvalue weighted by atomic mass is 11.7. The number of rotatable bonds is 1. The Morgan fingerprint density at radius 3 is 1.88 bits per heavy atom. The van der Waals surface area contributed by atoms with Crippen LogP contribution < -0.4 is 5.34 Å². The minimum atomic E-state index is 0. The van der Waals surface area contributed by atoms with Crippen LogP contribution >= 0.6 is 0 Å². The summed E-state index contributed by atoms with van der Waals surface area (Å²) in [6.45, 7) is 0. The molecular weight excluding hydrogens is 128 g/mol. The third-order valence-corrected chi connectivity index (χ3v) is 0.0745. The van der Waals surface area contributed by atoms with Crippen LogP contribution in [0.4, 0.5) is 0 Å². The monoisotopic (exact) mass is 134 g/mol. The van der Waals surface area contributed by atoms with Crippen molar-refractivity contribution in [2.45, 2.75) is 0 Å². The molecule has 0 aromatic rings. The maximum Gasteiger partial charge on any atom is 0.316 e. The average molecular weight is 134 g/mol. The number of nitrogens with zero attached hydrogens (tertiary/aromatic N) is 1. The molecule has 0 aliphatic rings. The molecule has 0 aliphatic carbocycles. The largest absolute Gasteiger partial charge is 0.367 e. The molecule has 6 nitrogen and oxygen atoms in total. The zero-order valence-corrected chi connectivity index (χ0v) is 3.58. The van der Waals surface area contributed by atoms with Gasteiger partial charge in [-0.25, -0.2) is 0 Å². The molecule has 7 heteroatoms. The van der Waals surface area contributed by atoms with E-state index in [0.717, 1.165) is 0 Å². The van der Waals surface area contributed by atoms with E-state index in [0.29, 0.717) is 0 Å². The van der Waals surface area contributed by atoms with Crippen LogP contribution in [0.1, 0.15) is 0 Å². The zero-order chi connectivity index (χ0) is 6.12. The molecule has 0 heterocycles. The van der Waals surface area contributed by atoms with Crippen LogP contribution in [-0.2, 0) is 4.84 Å². The molecule has 0 saturated heterocycles. The summed E-state index contributed by atoms with van der Waals surface area (Å²) >= 11 is 0. The van der Waals surface area contributed by atoms with Gasteiger partial charge >= 0.3 is 23.1 Å². The van der Waals surface area contributed by atoms with Crippen molar-refractivity contribution >= 4 is 23.1 Å². The molecular formula is CH6MgN2O4. The zero-order valence-electron chi connectivity index (χ0n) is 3.58. The molecule has 0 spiro atoms. The van der Waals surface area contributed by atoms with Crippen molar-refractivity contribution in [1.29, 1.82) is 0 Å². The molecule has 0 radical (unpaired) electrons. The second kappa shape index (κ2) is 30.9. The van der Waals surface area contributed by atoms with Crippen molar-refractivity contribution in [2.24, 2.45) is 5.34 Å². The van der Waals surface area contributed by atoms with Crippen LogP contribution in [0, 0.1) is 15.0 Å². The van der Waals surface area contributed by atoms with Crippen LogP contribution in [-0.4, -0.2) is 30.2 Å². The summed E-state index contributed by atoms with van der Waals surface area (Å²) in [6.07, 6.45) is 0. The Labute approximate surface area is 61.2 Å². The molecule has 0 aromatic heterocycles. The Hall–Kier alpha value is -0.434. The molecule has 0 aromatic carbocycles. The Kier molecular flexibility index (Phi) is 60.4. The highest BCUT2D eigenvalue weighted by Gasteiger charge is 1.44. The molecule has 8 heavy (non-hydrogen) atoms. The normalized spacial score (nSPS) is 4.12. The van der Waals surface area contributed by atoms with Gasteiger partial charge in [0, 0.05) is 5.34 Å². The summed E-state index contributed by atoms with van der Waals surface area (Å²) in [6, 6.07) is 0. The van der Waals surface area contributed by atoms with E-state index < -0.39 is 0 Å². The minimum absolute atomic E-state index is 0. The molecule has 0 saturated carbocycles. The standard InChI is InChI=1S/CH3NO2.Mg.HNO2.2H/c1-4-2-3;;2-1-3;;/h1H3;;1H;;. The van der Waals surface area contributed by atoms with Gasteiger partial charge in [0.1, 0.15) is 7.11 Å². The van der Waals surface area contributed by atoms with Gasteiger partial charge in [-0.15, -0.1) is 4.91 Å². The predicted octanol–water partition coefficient (Wildman–Crippen LogP) is -2.27. The van der Waals surface area contributed by atoms with Gasteiger partial charge in [-0.05, 0) is 0 Å². The highest BCUT2D eigenvalue weighted by Crippen LogP contribution is 1.52. The summed E-state index contributed by atoms with van der Waals surface area (Å²) in [7, 11) is 1.20. The average Bonchev–Trinajstić information content (AvgIpc) is 1.69. The van der Waals surface area contributed by atoms with E-state index in [2.05, 4.69) is 4.84 Å². The summed E-state index contributed by atoms with van der Waals surface area (Å²) in [5, 5.41) is 10.4. The van der Waals surface area contributed by atoms with Gasteiger partial charge in [0.05, 0.1) is 0 Å². The van der Waals surface area contributed by atoms with Gasteiger partial charge in [-0.3, -0.25) is 10.1 Å². The first-order valence-corrected chi connectivity index (χ1v) is 1.18. The molecule has 0 aliphatic heterocycles. The first kappa shape index (κ1) is 15.6. The SMILES string of the molecule is CON=O.O=[NH+][O-].[MgH2]. The van der Waals surface area contributed by atoms with E-state index in [4.69, 9.17) is 15.0 Å². The topological polar surface area (TPSA) is 92.8 Å². The van der Waals surface area contributed by atoms with E-state index in [1.54, 1.807) is 0 Å². The third kappa shape index (κ3) is 362. The van der Waals surface area contributed by atoms with Gasteiger partial charge in [0.15, 0.2) is 5.34 Å². The lowest BCUT2D eigenvalue weighted by molar-refractivity contribution is -0.398. The molecule has 1 N–H and O–H groups in total. The quantitative estimate of drug-likeness (QED) is 0.189.